The minimum Gasteiger partial charge on any atom is -0.330 e. The minimum atomic E-state index is -4.46. The Morgan fingerprint density at radius 3 is 2.24 bits per heavy atom. The van der Waals surface area contributed by atoms with Gasteiger partial charge in [-0.05, 0) is 42.1 Å². The zero-order chi connectivity index (χ0) is 13.3. The molecule has 0 aromatic heterocycles. The average molecular weight is 249 g/mol. The summed E-state index contributed by atoms with van der Waals surface area (Å²) in [4.78, 5) is 0. The van der Waals surface area contributed by atoms with Gasteiger partial charge < -0.3 is 5.73 Å². The number of benzene rings is 1. The van der Waals surface area contributed by atoms with Crippen molar-refractivity contribution in [1.82, 2.24) is 0 Å². The van der Waals surface area contributed by atoms with E-state index in [9.17, 15) is 17.6 Å². The summed E-state index contributed by atoms with van der Waals surface area (Å²) in [5.74, 6) is -0.666. The molecule has 1 rings (SSSR count). The zero-order valence-corrected chi connectivity index (χ0v) is 9.74. The van der Waals surface area contributed by atoms with Gasteiger partial charge in [0.15, 0.2) is 0 Å². The maximum atomic E-state index is 13.0. The third kappa shape index (κ3) is 3.70. The molecule has 0 heterocycles. The van der Waals surface area contributed by atoms with E-state index in [1.54, 1.807) is 13.8 Å². The Balaban J connectivity index is 3.17. The summed E-state index contributed by atoms with van der Waals surface area (Å²) in [6, 6.07) is 2.53. The third-order valence-corrected chi connectivity index (χ3v) is 2.59. The highest BCUT2D eigenvalue weighted by atomic mass is 19.4. The van der Waals surface area contributed by atoms with Crippen molar-refractivity contribution < 1.29 is 17.6 Å². The van der Waals surface area contributed by atoms with Gasteiger partial charge >= 0.3 is 6.18 Å². The van der Waals surface area contributed by atoms with Crippen molar-refractivity contribution in [3.8, 4) is 0 Å². The lowest BCUT2D eigenvalue weighted by Crippen LogP contribution is -2.27. The fraction of sp³-hybridized carbons (Fsp3) is 0.500. The summed E-state index contributed by atoms with van der Waals surface area (Å²) in [5.41, 5.74) is 4.14. The van der Waals surface area contributed by atoms with Crippen molar-refractivity contribution in [2.75, 3.05) is 6.54 Å². The Morgan fingerprint density at radius 2 is 1.76 bits per heavy atom. The van der Waals surface area contributed by atoms with Crippen LogP contribution >= 0.6 is 0 Å². The number of rotatable bonds is 3. The maximum Gasteiger partial charge on any atom is 0.416 e. The highest BCUT2D eigenvalue weighted by Crippen LogP contribution is 2.35. The number of halogens is 4. The number of nitrogens with two attached hydrogens (primary N) is 1. The van der Waals surface area contributed by atoms with E-state index in [2.05, 4.69) is 0 Å². The number of hydrogen-bond donors (Lipinski definition) is 1. The fourth-order valence-corrected chi connectivity index (χ4v) is 1.57. The van der Waals surface area contributed by atoms with Gasteiger partial charge in [0.25, 0.3) is 0 Å². The van der Waals surface area contributed by atoms with E-state index < -0.39 is 23.0 Å². The van der Waals surface area contributed by atoms with E-state index in [4.69, 9.17) is 5.73 Å². The number of alkyl halides is 3. The molecule has 0 aliphatic carbocycles. The van der Waals surface area contributed by atoms with E-state index >= 15 is 0 Å². The van der Waals surface area contributed by atoms with Gasteiger partial charge in [-0.1, -0.05) is 13.8 Å². The molecule has 0 bridgehead atoms. The molecular formula is C12H15F4N. The van der Waals surface area contributed by atoms with Crippen molar-refractivity contribution in [2.24, 2.45) is 11.1 Å². The molecule has 0 radical (unpaired) electrons. The lowest BCUT2D eigenvalue weighted by atomic mass is 9.84. The Hall–Kier alpha value is -1.10. The van der Waals surface area contributed by atoms with Crippen LogP contribution < -0.4 is 5.73 Å². The van der Waals surface area contributed by atoms with Gasteiger partial charge in [0.1, 0.15) is 5.82 Å². The van der Waals surface area contributed by atoms with Crippen molar-refractivity contribution in [2.45, 2.75) is 26.4 Å². The van der Waals surface area contributed by atoms with Crippen molar-refractivity contribution >= 4 is 0 Å². The van der Waals surface area contributed by atoms with Crippen LogP contribution in [0, 0.1) is 11.2 Å². The molecule has 1 aromatic rings. The van der Waals surface area contributed by atoms with Crippen LogP contribution in [0.3, 0.4) is 0 Å². The molecular weight excluding hydrogens is 234 g/mol. The van der Waals surface area contributed by atoms with Gasteiger partial charge in [-0.25, -0.2) is 4.39 Å². The Labute approximate surface area is 97.6 Å². The van der Waals surface area contributed by atoms with Crippen LogP contribution in [0.1, 0.15) is 25.0 Å². The van der Waals surface area contributed by atoms with E-state index in [0.29, 0.717) is 0 Å². The Morgan fingerprint density at radius 1 is 1.18 bits per heavy atom. The highest BCUT2D eigenvalue weighted by molar-refractivity contribution is 5.31. The monoisotopic (exact) mass is 249 g/mol. The summed E-state index contributed by atoms with van der Waals surface area (Å²) in [5, 5.41) is 0. The van der Waals surface area contributed by atoms with Gasteiger partial charge in [-0.3, -0.25) is 0 Å². The smallest absolute Gasteiger partial charge is 0.330 e. The topological polar surface area (TPSA) is 26.0 Å². The van der Waals surface area contributed by atoms with Crippen LogP contribution in [0.15, 0.2) is 18.2 Å². The van der Waals surface area contributed by atoms with Crippen LogP contribution in [0.25, 0.3) is 0 Å². The van der Waals surface area contributed by atoms with E-state index in [-0.39, 0.29) is 18.5 Å². The molecule has 0 aliphatic rings. The Bertz CT molecular complexity index is 396. The van der Waals surface area contributed by atoms with Crippen LogP contribution in [0.4, 0.5) is 17.6 Å². The number of hydrogen-bond acceptors (Lipinski definition) is 1. The maximum absolute atomic E-state index is 13.0. The summed E-state index contributed by atoms with van der Waals surface area (Å²) in [6.45, 7) is 3.73. The van der Waals surface area contributed by atoms with Gasteiger partial charge in [0.2, 0.25) is 0 Å². The second kappa shape index (κ2) is 4.64. The molecule has 0 unspecified atom stereocenters. The molecule has 0 aliphatic heterocycles. The second-order valence-corrected chi connectivity index (χ2v) is 4.84. The molecule has 0 spiro atoms. The predicted octanol–water partition coefficient (Wildman–Crippen LogP) is 3.37. The zero-order valence-electron chi connectivity index (χ0n) is 9.74. The van der Waals surface area contributed by atoms with Crippen LogP contribution in [0.5, 0.6) is 0 Å². The lowest BCUT2D eigenvalue weighted by Gasteiger charge is -2.24. The fourth-order valence-electron chi connectivity index (χ4n) is 1.57. The molecule has 1 aromatic carbocycles. The van der Waals surface area contributed by atoms with Gasteiger partial charge in [-0.15, -0.1) is 0 Å². The van der Waals surface area contributed by atoms with Crippen LogP contribution in [-0.2, 0) is 12.6 Å². The predicted molar refractivity (Wildman–Crippen MR) is 57.9 cm³/mol. The van der Waals surface area contributed by atoms with Gasteiger partial charge in [0.05, 0.1) is 5.56 Å². The molecule has 17 heavy (non-hydrogen) atoms. The standard InChI is InChI=1S/C12H15F4N/c1-11(2,7-17)6-8-5-9(13)3-4-10(8)12(14,15)16/h3-5H,6-7,17H2,1-2H3. The van der Waals surface area contributed by atoms with E-state index in [0.717, 1.165) is 18.2 Å². The normalized spacial score (nSPS) is 12.9. The minimum absolute atomic E-state index is 0.0482. The first kappa shape index (κ1) is 14.0. The SMILES string of the molecule is CC(C)(CN)Cc1cc(F)ccc1C(F)(F)F. The molecule has 2 N–H and O–H groups in total. The summed E-state index contributed by atoms with van der Waals surface area (Å²) in [7, 11) is 0. The summed E-state index contributed by atoms with van der Waals surface area (Å²) in [6.07, 6.45) is -4.37. The van der Waals surface area contributed by atoms with E-state index in [1.807, 2.05) is 0 Å². The van der Waals surface area contributed by atoms with Crippen LogP contribution in [0.2, 0.25) is 0 Å². The molecule has 0 fully saturated rings. The lowest BCUT2D eigenvalue weighted by molar-refractivity contribution is -0.138. The van der Waals surface area contributed by atoms with Gasteiger partial charge in [0, 0.05) is 0 Å². The van der Waals surface area contributed by atoms with Crippen molar-refractivity contribution in [3.05, 3.63) is 35.1 Å². The first-order valence-electron chi connectivity index (χ1n) is 5.21. The second-order valence-electron chi connectivity index (χ2n) is 4.84. The van der Waals surface area contributed by atoms with E-state index in [1.165, 1.54) is 0 Å². The molecule has 96 valence electrons. The quantitative estimate of drug-likeness (QED) is 0.816. The molecule has 1 nitrogen and oxygen atoms in total. The molecule has 0 atom stereocenters. The first-order valence-corrected chi connectivity index (χ1v) is 5.21. The summed E-state index contributed by atoms with van der Waals surface area (Å²) >= 11 is 0. The average Bonchev–Trinajstić information content (AvgIpc) is 2.15. The van der Waals surface area contributed by atoms with Crippen molar-refractivity contribution in [3.63, 3.8) is 0 Å². The van der Waals surface area contributed by atoms with Crippen molar-refractivity contribution in [1.29, 1.82) is 0 Å². The first-order chi connectivity index (χ1) is 7.65. The summed E-state index contributed by atoms with van der Waals surface area (Å²) < 4.78 is 51.1. The van der Waals surface area contributed by atoms with Gasteiger partial charge in [-0.2, -0.15) is 13.2 Å². The largest absolute Gasteiger partial charge is 0.416 e. The molecule has 0 amide bonds. The molecule has 5 heteroatoms. The highest BCUT2D eigenvalue weighted by Gasteiger charge is 2.34. The molecule has 0 saturated carbocycles. The van der Waals surface area contributed by atoms with Crippen LogP contribution in [-0.4, -0.2) is 6.54 Å². The molecule has 0 saturated heterocycles. The Kier molecular flexibility index (Phi) is 3.81. The third-order valence-electron chi connectivity index (χ3n) is 2.59.